The summed E-state index contributed by atoms with van der Waals surface area (Å²) in [6.07, 6.45) is 2.83. The van der Waals surface area contributed by atoms with Crippen LogP contribution in [0.3, 0.4) is 0 Å². The lowest BCUT2D eigenvalue weighted by Gasteiger charge is -2.43. The number of nitrogens with one attached hydrogen (secondary N) is 2. The molecule has 4 nitrogen and oxygen atoms in total. The summed E-state index contributed by atoms with van der Waals surface area (Å²) >= 11 is 0. The van der Waals surface area contributed by atoms with E-state index in [4.69, 9.17) is 4.74 Å². The molecule has 2 N–H and O–H groups in total. The molecule has 2 rings (SSSR count). The lowest BCUT2D eigenvalue weighted by Crippen LogP contribution is -2.60. The van der Waals surface area contributed by atoms with Crippen molar-refractivity contribution in [2.75, 3.05) is 6.54 Å². The van der Waals surface area contributed by atoms with Crippen LogP contribution in [-0.2, 0) is 4.74 Å². The molecule has 1 fully saturated rings. The van der Waals surface area contributed by atoms with E-state index in [1.54, 1.807) is 0 Å². The second-order valence-corrected chi connectivity index (χ2v) is 7.72. The van der Waals surface area contributed by atoms with Gasteiger partial charge in [-0.1, -0.05) is 24.3 Å². The number of aryl methyl sites for hydroxylation is 1. The van der Waals surface area contributed by atoms with E-state index in [2.05, 4.69) is 48.7 Å². The molecule has 1 amide bonds. The number of alkyl carbamates (subject to hydrolysis) is 1. The van der Waals surface area contributed by atoms with Gasteiger partial charge in [0.25, 0.3) is 0 Å². The molecule has 1 aromatic rings. The summed E-state index contributed by atoms with van der Waals surface area (Å²) in [5.74, 6) is 0. The first-order chi connectivity index (χ1) is 10.7. The quantitative estimate of drug-likeness (QED) is 0.859. The van der Waals surface area contributed by atoms with Crippen LogP contribution in [0.15, 0.2) is 24.3 Å². The summed E-state index contributed by atoms with van der Waals surface area (Å²) in [6, 6.07) is 8.67. The molecule has 0 spiro atoms. The van der Waals surface area contributed by atoms with E-state index in [1.807, 2.05) is 20.8 Å². The third-order valence-electron chi connectivity index (χ3n) is 4.48. The van der Waals surface area contributed by atoms with Crippen LogP contribution in [0.4, 0.5) is 4.79 Å². The van der Waals surface area contributed by atoms with Gasteiger partial charge in [-0.05, 0) is 65.0 Å². The van der Waals surface area contributed by atoms with E-state index in [-0.39, 0.29) is 17.7 Å². The van der Waals surface area contributed by atoms with Crippen LogP contribution in [0.25, 0.3) is 0 Å². The Morgan fingerprint density at radius 1 is 1.30 bits per heavy atom. The fraction of sp³-hybridized carbons (Fsp3) is 0.632. The Morgan fingerprint density at radius 3 is 2.48 bits per heavy atom. The second-order valence-electron chi connectivity index (χ2n) is 7.72. The van der Waals surface area contributed by atoms with Crippen LogP contribution in [-0.4, -0.2) is 23.8 Å². The molecule has 1 aromatic carbocycles. The highest BCUT2D eigenvalue weighted by Gasteiger charge is 2.39. The van der Waals surface area contributed by atoms with Crippen LogP contribution >= 0.6 is 0 Å². The summed E-state index contributed by atoms with van der Waals surface area (Å²) in [5.41, 5.74) is 1.96. The zero-order chi connectivity index (χ0) is 17.1. The Labute approximate surface area is 140 Å². The Hall–Kier alpha value is -1.55. The molecular weight excluding hydrogens is 288 g/mol. The van der Waals surface area contributed by atoms with E-state index >= 15 is 0 Å². The average molecular weight is 318 g/mol. The minimum Gasteiger partial charge on any atom is -0.444 e. The van der Waals surface area contributed by atoms with Crippen molar-refractivity contribution >= 4 is 6.09 Å². The van der Waals surface area contributed by atoms with E-state index in [9.17, 15) is 4.79 Å². The van der Waals surface area contributed by atoms with Crippen LogP contribution in [0.1, 0.15) is 64.1 Å². The summed E-state index contributed by atoms with van der Waals surface area (Å²) in [6.45, 7) is 10.7. The van der Waals surface area contributed by atoms with E-state index in [1.165, 1.54) is 11.1 Å². The van der Waals surface area contributed by atoms with Gasteiger partial charge in [0.15, 0.2) is 0 Å². The first-order valence-electron chi connectivity index (χ1n) is 8.51. The molecule has 0 heterocycles. The van der Waals surface area contributed by atoms with Gasteiger partial charge in [-0.15, -0.1) is 0 Å². The predicted octanol–water partition coefficient (Wildman–Crippen LogP) is 4.09. The maximum absolute atomic E-state index is 12.1. The SMILES string of the molecule is Cc1ccccc1C(C)NCC1(NC(=O)OC(C)(C)C)CCC1. The second kappa shape index (κ2) is 6.91. The average Bonchev–Trinajstić information content (AvgIpc) is 2.39. The van der Waals surface area contributed by atoms with Crippen molar-refractivity contribution in [1.29, 1.82) is 0 Å². The normalized spacial score (nSPS) is 18.0. The monoisotopic (exact) mass is 318 g/mol. The molecule has 0 saturated heterocycles. The van der Waals surface area contributed by atoms with Crippen molar-refractivity contribution in [3.8, 4) is 0 Å². The third kappa shape index (κ3) is 4.96. The maximum Gasteiger partial charge on any atom is 0.408 e. The van der Waals surface area contributed by atoms with Crippen molar-refractivity contribution in [3.63, 3.8) is 0 Å². The number of rotatable bonds is 5. The number of amides is 1. The van der Waals surface area contributed by atoms with E-state index in [0.717, 1.165) is 25.8 Å². The fourth-order valence-electron chi connectivity index (χ4n) is 3.00. The van der Waals surface area contributed by atoms with Crippen LogP contribution in [0, 0.1) is 6.92 Å². The Kier molecular flexibility index (Phi) is 5.35. The summed E-state index contributed by atoms with van der Waals surface area (Å²) in [5, 5.41) is 6.66. The fourth-order valence-corrected chi connectivity index (χ4v) is 3.00. The molecule has 23 heavy (non-hydrogen) atoms. The molecular formula is C19H30N2O2. The zero-order valence-electron chi connectivity index (χ0n) is 15.0. The summed E-state index contributed by atoms with van der Waals surface area (Å²) in [4.78, 5) is 12.1. The smallest absolute Gasteiger partial charge is 0.408 e. The van der Waals surface area contributed by atoms with Crippen LogP contribution in [0.2, 0.25) is 0 Å². The molecule has 1 atom stereocenters. The molecule has 0 radical (unpaired) electrons. The Morgan fingerprint density at radius 2 is 1.96 bits per heavy atom. The van der Waals surface area contributed by atoms with Gasteiger partial charge in [0, 0.05) is 12.6 Å². The van der Waals surface area contributed by atoms with Gasteiger partial charge in [-0.25, -0.2) is 4.79 Å². The molecule has 1 aliphatic rings. The van der Waals surface area contributed by atoms with Crippen molar-refractivity contribution in [3.05, 3.63) is 35.4 Å². The topological polar surface area (TPSA) is 50.4 Å². The van der Waals surface area contributed by atoms with Crippen molar-refractivity contribution < 1.29 is 9.53 Å². The van der Waals surface area contributed by atoms with Gasteiger partial charge in [0.1, 0.15) is 5.60 Å². The molecule has 1 unspecified atom stereocenters. The largest absolute Gasteiger partial charge is 0.444 e. The van der Waals surface area contributed by atoms with Gasteiger partial charge in [0.05, 0.1) is 5.54 Å². The molecule has 0 bridgehead atoms. The van der Waals surface area contributed by atoms with Gasteiger partial charge >= 0.3 is 6.09 Å². The summed E-state index contributed by atoms with van der Waals surface area (Å²) in [7, 11) is 0. The highest BCUT2D eigenvalue weighted by Crippen LogP contribution is 2.32. The van der Waals surface area contributed by atoms with Gasteiger partial charge in [-0.3, -0.25) is 0 Å². The molecule has 4 heteroatoms. The van der Waals surface area contributed by atoms with Crippen molar-refractivity contribution in [2.45, 2.75) is 71.1 Å². The number of ether oxygens (including phenoxy) is 1. The predicted molar refractivity (Wildman–Crippen MR) is 93.5 cm³/mol. The number of carbonyl (C=O) groups is 1. The number of benzene rings is 1. The van der Waals surface area contributed by atoms with Crippen LogP contribution in [0.5, 0.6) is 0 Å². The summed E-state index contributed by atoms with van der Waals surface area (Å²) < 4.78 is 5.40. The van der Waals surface area contributed by atoms with E-state index < -0.39 is 5.60 Å². The molecule has 1 aliphatic carbocycles. The molecule has 1 saturated carbocycles. The minimum atomic E-state index is -0.461. The molecule has 128 valence electrons. The zero-order valence-corrected chi connectivity index (χ0v) is 15.0. The lowest BCUT2D eigenvalue weighted by atomic mass is 9.76. The first kappa shape index (κ1) is 17.8. The highest BCUT2D eigenvalue weighted by molar-refractivity contribution is 5.69. The number of carbonyl (C=O) groups excluding carboxylic acids is 1. The van der Waals surface area contributed by atoms with Crippen molar-refractivity contribution in [1.82, 2.24) is 10.6 Å². The maximum atomic E-state index is 12.1. The number of hydrogen-bond acceptors (Lipinski definition) is 3. The first-order valence-corrected chi connectivity index (χ1v) is 8.51. The minimum absolute atomic E-state index is 0.167. The van der Waals surface area contributed by atoms with Gasteiger partial charge in [-0.2, -0.15) is 0 Å². The Balaban J connectivity index is 1.92. The third-order valence-corrected chi connectivity index (χ3v) is 4.48. The van der Waals surface area contributed by atoms with Gasteiger partial charge in [0.2, 0.25) is 0 Å². The molecule has 0 aromatic heterocycles. The molecule has 0 aliphatic heterocycles. The number of hydrogen-bond donors (Lipinski definition) is 2. The highest BCUT2D eigenvalue weighted by atomic mass is 16.6. The van der Waals surface area contributed by atoms with Crippen LogP contribution < -0.4 is 10.6 Å². The van der Waals surface area contributed by atoms with Gasteiger partial charge < -0.3 is 15.4 Å². The van der Waals surface area contributed by atoms with E-state index in [0.29, 0.717) is 0 Å². The standard InChI is InChI=1S/C19H30N2O2/c1-14-9-6-7-10-16(14)15(2)20-13-19(11-8-12-19)21-17(22)23-18(3,4)5/h6-7,9-10,15,20H,8,11-13H2,1-5H3,(H,21,22). The lowest BCUT2D eigenvalue weighted by molar-refractivity contribution is 0.0379. The Bertz CT molecular complexity index is 545. The van der Waals surface area contributed by atoms with Crippen molar-refractivity contribution in [2.24, 2.45) is 0 Å².